The summed E-state index contributed by atoms with van der Waals surface area (Å²) < 4.78 is 67.1. The van der Waals surface area contributed by atoms with Crippen molar-refractivity contribution in [2.24, 2.45) is 5.73 Å². The van der Waals surface area contributed by atoms with Crippen LogP contribution in [0.15, 0.2) is 65.6 Å². The first-order valence-electron chi connectivity index (χ1n) is 10.7. The summed E-state index contributed by atoms with van der Waals surface area (Å²) in [4.78, 5) is 17.2. The molecule has 1 amide bonds. The van der Waals surface area contributed by atoms with Gasteiger partial charge < -0.3 is 10.6 Å². The summed E-state index contributed by atoms with van der Waals surface area (Å²) in [6.07, 6.45) is -4.64. The zero-order valence-corrected chi connectivity index (χ0v) is 19.6. The van der Waals surface area contributed by atoms with Crippen molar-refractivity contribution in [1.29, 1.82) is 5.26 Å². The van der Waals surface area contributed by atoms with Gasteiger partial charge in [0.05, 0.1) is 10.5 Å². The summed E-state index contributed by atoms with van der Waals surface area (Å²) in [7, 11) is -3.88. The Morgan fingerprint density at radius 1 is 1.00 bits per heavy atom. The van der Waals surface area contributed by atoms with E-state index >= 15 is 0 Å². The minimum atomic E-state index is -4.64. The molecule has 1 aliphatic heterocycles. The molecule has 186 valence electrons. The number of piperazine rings is 1. The number of hydrogen-bond donors (Lipinski definition) is 1. The summed E-state index contributed by atoms with van der Waals surface area (Å²) in [5.74, 6) is -0.631. The van der Waals surface area contributed by atoms with E-state index in [0.717, 1.165) is 6.07 Å². The largest absolute Gasteiger partial charge is 0.416 e. The molecular formula is C24H20F3N5O3S. The van der Waals surface area contributed by atoms with E-state index in [4.69, 9.17) is 11.0 Å². The molecule has 36 heavy (non-hydrogen) atoms. The molecule has 12 heteroatoms. The average molecular weight is 516 g/mol. The first kappa shape index (κ1) is 25.2. The second-order valence-corrected chi connectivity index (χ2v) is 9.97. The van der Waals surface area contributed by atoms with Crippen LogP contribution in [0.3, 0.4) is 0 Å². The Morgan fingerprint density at radius 2 is 1.64 bits per heavy atom. The summed E-state index contributed by atoms with van der Waals surface area (Å²) in [6, 6.07) is 15.9. The van der Waals surface area contributed by atoms with E-state index in [1.165, 1.54) is 21.3 Å². The summed E-state index contributed by atoms with van der Waals surface area (Å²) in [5.41, 5.74) is 5.58. The van der Waals surface area contributed by atoms with Gasteiger partial charge in [-0.3, -0.25) is 4.79 Å². The molecule has 0 atom stereocenters. The normalized spacial score (nSPS) is 14.9. The molecule has 1 aliphatic rings. The van der Waals surface area contributed by atoms with Gasteiger partial charge in [-0.05, 0) is 41.5 Å². The standard InChI is InChI=1S/C24H20F3N5O3S/c25-24(26,27)17-13-18(15-28)30-22(14-17)31-9-11-32(12-10-31)36(34,35)19-7-5-16(6-8-19)20-3-1-2-4-21(20)23(29)33/h1-8,13-14H,9-12H2,(H2,29,33). The van der Waals surface area contributed by atoms with Crippen molar-refractivity contribution >= 4 is 21.7 Å². The van der Waals surface area contributed by atoms with Gasteiger partial charge in [0.15, 0.2) is 0 Å². The number of alkyl halides is 3. The van der Waals surface area contributed by atoms with E-state index < -0.39 is 27.7 Å². The highest BCUT2D eigenvalue weighted by Crippen LogP contribution is 2.32. The van der Waals surface area contributed by atoms with Crippen LogP contribution < -0.4 is 10.6 Å². The lowest BCUT2D eigenvalue weighted by Crippen LogP contribution is -2.49. The van der Waals surface area contributed by atoms with Crippen molar-refractivity contribution in [2.75, 3.05) is 31.1 Å². The molecular weight excluding hydrogens is 495 g/mol. The average Bonchev–Trinajstić information content (AvgIpc) is 2.88. The number of nitrogens with two attached hydrogens (primary N) is 1. The fraction of sp³-hybridized carbons (Fsp3) is 0.208. The van der Waals surface area contributed by atoms with E-state index in [1.807, 2.05) is 0 Å². The molecule has 0 spiro atoms. The van der Waals surface area contributed by atoms with E-state index in [0.29, 0.717) is 22.8 Å². The molecule has 2 heterocycles. The molecule has 0 unspecified atom stereocenters. The van der Waals surface area contributed by atoms with E-state index in [1.54, 1.807) is 42.5 Å². The molecule has 1 aromatic heterocycles. The van der Waals surface area contributed by atoms with Crippen molar-refractivity contribution in [2.45, 2.75) is 11.1 Å². The fourth-order valence-electron chi connectivity index (χ4n) is 3.96. The lowest BCUT2D eigenvalue weighted by Gasteiger charge is -2.35. The number of nitrogens with zero attached hydrogens (tertiary/aromatic N) is 4. The molecule has 3 aromatic rings. The number of nitriles is 1. The van der Waals surface area contributed by atoms with Gasteiger partial charge in [-0.1, -0.05) is 30.3 Å². The molecule has 8 nitrogen and oxygen atoms in total. The highest BCUT2D eigenvalue weighted by Gasteiger charge is 2.34. The zero-order valence-electron chi connectivity index (χ0n) is 18.7. The predicted molar refractivity (Wildman–Crippen MR) is 125 cm³/mol. The van der Waals surface area contributed by atoms with Crippen LogP contribution in [0.2, 0.25) is 0 Å². The monoisotopic (exact) mass is 515 g/mol. The maximum atomic E-state index is 13.2. The first-order chi connectivity index (χ1) is 17.0. The van der Waals surface area contributed by atoms with Crippen LogP contribution in [-0.2, 0) is 16.2 Å². The number of sulfonamides is 1. The SMILES string of the molecule is N#Cc1cc(C(F)(F)F)cc(N2CCN(S(=O)(=O)c3ccc(-c4ccccc4C(N)=O)cc3)CC2)n1. The number of benzene rings is 2. The number of anilines is 1. The lowest BCUT2D eigenvalue weighted by molar-refractivity contribution is -0.137. The molecule has 2 N–H and O–H groups in total. The van der Waals surface area contributed by atoms with Crippen molar-refractivity contribution in [3.8, 4) is 17.2 Å². The predicted octanol–water partition coefficient (Wildman–Crippen LogP) is 3.25. The van der Waals surface area contributed by atoms with E-state index in [-0.39, 0.29) is 42.6 Å². The molecule has 0 bridgehead atoms. The second-order valence-electron chi connectivity index (χ2n) is 8.03. The Bertz CT molecular complexity index is 1440. The van der Waals surface area contributed by atoms with Gasteiger partial charge >= 0.3 is 6.18 Å². The minimum absolute atomic E-state index is 0.0222. The van der Waals surface area contributed by atoms with Gasteiger partial charge in [0.25, 0.3) is 0 Å². The molecule has 0 saturated carbocycles. The number of hydrogen-bond acceptors (Lipinski definition) is 6. The number of carbonyl (C=O) groups excluding carboxylic acids is 1. The van der Waals surface area contributed by atoms with Crippen LogP contribution in [0.25, 0.3) is 11.1 Å². The molecule has 1 saturated heterocycles. The quantitative estimate of drug-likeness (QED) is 0.557. The summed E-state index contributed by atoms with van der Waals surface area (Å²) >= 11 is 0. The van der Waals surface area contributed by atoms with Gasteiger partial charge in [0.1, 0.15) is 17.6 Å². The van der Waals surface area contributed by atoms with Crippen LogP contribution in [0.5, 0.6) is 0 Å². The van der Waals surface area contributed by atoms with Crippen molar-refractivity contribution in [3.05, 3.63) is 77.5 Å². The topological polar surface area (TPSA) is 120 Å². The highest BCUT2D eigenvalue weighted by molar-refractivity contribution is 7.89. The molecule has 0 radical (unpaired) electrons. The third-order valence-electron chi connectivity index (χ3n) is 5.81. The Labute approximate surface area is 205 Å². The Morgan fingerprint density at radius 3 is 2.22 bits per heavy atom. The number of primary amides is 1. The molecule has 4 rings (SSSR count). The highest BCUT2D eigenvalue weighted by atomic mass is 32.2. The van der Waals surface area contributed by atoms with Crippen LogP contribution in [0.1, 0.15) is 21.6 Å². The van der Waals surface area contributed by atoms with Crippen LogP contribution in [0, 0.1) is 11.3 Å². The first-order valence-corrected chi connectivity index (χ1v) is 12.2. The van der Waals surface area contributed by atoms with Gasteiger partial charge in [0, 0.05) is 31.7 Å². The maximum absolute atomic E-state index is 13.2. The zero-order chi connectivity index (χ0) is 26.1. The third-order valence-corrected chi connectivity index (χ3v) is 7.72. The summed E-state index contributed by atoms with van der Waals surface area (Å²) in [5, 5.41) is 9.05. The Kier molecular flexibility index (Phi) is 6.71. The van der Waals surface area contributed by atoms with E-state index in [2.05, 4.69) is 4.98 Å². The van der Waals surface area contributed by atoms with E-state index in [9.17, 15) is 26.4 Å². The van der Waals surface area contributed by atoms with Gasteiger partial charge in [0.2, 0.25) is 15.9 Å². The fourth-order valence-corrected chi connectivity index (χ4v) is 5.38. The smallest absolute Gasteiger partial charge is 0.366 e. The summed E-state index contributed by atoms with van der Waals surface area (Å²) in [6.45, 7) is 0.244. The number of amides is 1. The minimum Gasteiger partial charge on any atom is -0.366 e. The maximum Gasteiger partial charge on any atom is 0.416 e. The van der Waals surface area contributed by atoms with Crippen molar-refractivity contribution < 1.29 is 26.4 Å². The third kappa shape index (κ3) is 5.02. The van der Waals surface area contributed by atoms with Crippen LogP contribution in [0.4, 0.5) is 19.0 Å². The van der Waals surface area contributed by atoms with Crippen molar-refractivity contribution in [3.63, 3.8) is 0 Å². The Hall–Kier alpha value is -3.95. The van der Waals surface area contributed by atoms with Crippen LogP contribution in [-0.4, -0.2) is 49.8 Å². The van der Waals surface area contributed by atoms with Gasteiger partial charge in [-0.15, -0.1) is 0 Å². The number of aromatic nitrogens is 1. The lowest BCUT2D eigenvalue weighted by atomic mass is 9.99. The molecule has 0 aliphatic carbocycles. The van der Waals surface area contributed by atoms with Gasteiger partial charge in [-0.25, -0.2) is 13.4 Å². The molecule has 2 aromatic carbocycles. The van der Waals surface area contributed by atoms with Gasteiger partial charge in [-0.2, -0.15) is 22.7 Å². The van der Waals surface area contributed by atoms with Crippen molar-refractivity contribution in [1.82, 2.24) is 9.29 Å². The number of pyridine rings is 1. The number of halogens is 3. The number of rotatable bonds is 5. The number of carbonyl (C=O) groups is 1. The second kappa shape index (κ2) is 9.60. The molecule has 1 fully saturated rings. The Balaban J connectivity index is 1.51. The van der Waals surface area contributed by atoms with Crippen LogP contribution >= 0.6 is 0 Å².